The van der Waals surface area contributed by atoms with Gasteiger partial charge in [0.05, 0.1) is 0 Å². The first-order valence-electron chi connectivity index (χ1n) is 7.39. The standard InChI is InChI=1S/C14H25N3O2/c1-3-13(15,4-2)10-17-11(18)14(16-12(17)19)8-6-5-7-9-14/h3-10,15H2,1-2H3,(H,16,19). The van der Waals surface area contributed by atoms with Crippen molar-refractivity contribution in [2.24, 2.45) is 5.73 Å². The molecule has 0 unspecified atom stereocenters. The SMILES string of the molecule is CCC(N)(CC)CN1C(=O)NC2(CCCCC2)C1=O. The second-order valence-electron chi connectivity index (χ2n) is 6.03. The normalized spacial score (nSPS) is 23.0. The summed E-state index contributed by atoms with van der Waals surface area (Å²) in [4.78, 5) is 26.0. The van der Waals surface area contributed by atoms with Gasteiger partial charge in [0.2, 0.25) is 0 Å². The van der Waals surface area contributed by atoms with Crippen LogP contribution in [0.15, 0.2) is 0 Å². The molecule has 1 spiro atoms. The van der Waals surface area contributed by atoms with Gasteiger partial charge in [-0.3, -0.25) is 9.69 Å². The summed E-state index contributed by atoms with van der Waals surface area (Å²) in [6.45, 7) is 4.32. The molecule has 1 saturated carbocycles. The minimum absolute atomic E-state index is 0.0612. The zero-order valence-electron chi connectivity index (χ0n) is 12.0. The van der Waals surface area contributed by atoms with Crippen LogP contribution in [-0.2, 0) is 4.79 Å². The number of nitrogens with zero attached hydrogens (tertiary/aromatic N) is 1. The third-order valence-electron chi connectivity index (χ3n) is 4.83. The van der Waals surface area contributed by atoms with Crippen molar-refractivity contribution in [1.29, 1.82) is 0 Å². The van der Waals surface area contributed by atoms with E-state index in [4.69, 9.17) is 5.73 Å². The van der Waals surface area contributed by atoms with E-state index < -0.39 is 11.1 Å². The van der Waals surface area contributed by atoms with Crippen molar-refractivity contribution >= 4 is 11.9 Å². The van der Waals surface area contributed by atoms with Crippen molar-refractivity contribution < 1.29 is 9.59 Å². The van der Waals surface area contributed by atoms with E-state index in [1.54, 1.807) is 0 Å². The highest BCUT2D eigenvalue weighted by Crippen LogP contribution is 2.34. The maximum Gasteiger partial charge on any atom is 0.325 e. The van der Waals surface area contributed by atoms with Crippen LogP contribution in [0.3, 0.4) is 0 Å². The Labute approximate surface area is 114 Å². The molecule has 5 nitrogen and oxygen atoms in total. The van der Waals surface area contributed by atoms with Crippen LogP contribution < -0.4 is 11.1 Å². The number of nitrogens with one attached hydrogen (secondary N) is 1. The molecule has 1 aliphatic heterocycles. The van der Waals surface area contributed by atoms with Gasteiger partial charge >= 0.3 is 6.03 Å². The summed E-state index contributed by atoms with van der Waals surface area (Å²) >= 11 is 0. The lowest BCUT2D eigenvalue weighted by Gasteiger charge is -2.33. The van der Waals surface area contributed by atoms with E-state index in [0.717, 1.165) is 44.9 Å². The Balaban J connectivity index is 2.14. The Morgan fingerprint density at radius 3 is 2.32 bits per heavy atom. The van der Waals surface area contributed by atoms with E-state index >= 15 is 0 Å². The summed E-state index contributed by atoms with van der Waals surface area (Å²) in [6, 6.07) is -0.261. The first-order chi connectivity index (χ1) is 8.96. The van der Waals surface area contributed by atoms with Gasteiger partial charge in [-0.15, -0.1) is 0 Å². The van der Waals surface area contributed by atoms with Crippen molar-refractivity contribution in [1.82, 2.24) is 10.2 Å². The predicted octanol–water partition coefficient (Wildman–Crippen LogP) is 1.76. The summed E-state index contributed by atoms with van der Waals surface area (Å²) < 4.78 is 0. The predicted molar refractivity (Wildman–Crippen MR) is 73.6 cm³/mol. The Hall–Kier alpha value is -1.10. The van der Waals surface area contributed by atoms with Crippen LogP contribution >= 0.6 is 0 Å². The molecule has 2 aliphatic rings. The lowest BCUT2D eigenvalue weighted by atomic mass is 9.81. The molecule has 3 amide bonds. The van der Waals surface area contributed by atoms with Gasteiger partial charge in [-0.2, -0.15) is 0 Å². The number of hydrogen-bond acceptors (Lipinski definition) is 3. The summed E-state index contributed by atoms with van der Waals surface area (Å²) in [5, 5.41) is 2.92. The van der Waals surface area contributed by atoms with Gasteiger partial charge in [0.15, 0.2) is 0 Å². The zero-order chi connectivity index (χ0) is 14.1. The zero-order valence-corrected chi connectivity index (χ0v) is 12.0. The first kappa shape index (κ1) is 14.3. The molecule has 0 bridgehead atoms. The molecule has 5 heteroatoms. The number of urea groups is 1. The summed E-state index contributed by atoms with van der Waals surface area (Å²) in [6.07, 6.45) is 6.22. The van der Waals surface area contributed by atoms with Crippen molar-refractivity contribution in [3.8, 4) is 0 Å². The maximum atomic E-state index is 12.6. The van der Waals surface area contributed by atoms with Crippen LogP contribution in [-0.4, -0.2) is 34.5 Å². The van der Waals surface area contributed by atoms with Gasteiger partial charge in [0, 0.05) is 12.1 Å². The van der Waals surface area contributed by atoms with E-state index in [-0.39, 0.29) is 11.9 Å². The molecular formula is C14H25N3O2. The average Bonchev–Trinajstić information content (AvgIpc) is 2.64. The Morgan fingerprint density at radius 2 is 1.79 bits per heavy atom. The fraction of sp³-hybridized carbons (Fsp3) is 0.857. The first-order valence-corrected chi connectivity index (χ1v) is 7.39. The molecule has 0 atom stereocenters. The molecule has 2 fully saturated rings. The van der Waals surface area contributed by atoms with Gasteiger partial charge in [-0.1, -0.05) is 33.1 Å². The van der Waals surface area contributed by atoms with Crippen molar-refractivity contribution in [2.75, 3.05) is 6.54 Å². The molecule has 1 heterocycles. The minimum atomic E-state index is -0.627. The van der Waals surface area contributed by atoms with Crippen molar-refractivity contribution in [2.45, 2.75) is 69.9 Å². The number of rotatable bonds is 4. The number of carbonyl (C=O) groups is 2. The van der Waals surface area contributed by atoms with Crippen LogP contribution in [0.5, 0.6) is 0 Å². The monoisotopic (exact) mass is 267 g/mol. The molecule has 2 rings (SSSR count). The largest absolute Gasteiger partial charge is 0.325 e. The molecule has 0 aromatic heterocycles. The van der Waals surface area contributed by atoms with E-state index in [9.17, 15) is 9.59 Å². The van der Waals surface area contributed by atoms with Crippen molar-refractivity contribution in [3.05, 3.63) is 0 Å². The average molecular weight is 267 g/mol. The molecule has 0 radical (unpaired) electrons. The number of amides is 3. The number of nitrogens with two attached hydrogens (primary N) is 1. The van der Waals surface area contributed by atoms with Gasteiger partial charge in [-0.25, -0.2) is 4.79 Å². The molecule has 0 aromatic rings. The molecule has 108 valence electrons. The Kier molecular flexibility index (Phi) is 3.85. The topological polar surface area (TPSA) is 75.4 Å². The summed E-state index contributed by atoms with van der Waals surface area (Å²) in [5.41, 5.74) is 5.15. The van der Waals surface area contributed by atoms with Gasteiger partial charge < -0.3 is 11.1 Å². The van der Waals surface area contributed by atoms with E-state index in [0.29, 0.717) is 6.54 Å². The van der Waals surface area contributed by atoms with Crippen molar-refractivity contribution in [3.63, 3.8) is 0 Å². The van der Waals surface area contributed by atoms with Crippen LogP contribution in [0.25, 0.3) is 0 Å². The quantitative estimate of drug-likeness (QED) is 0.762. The maximum absolute atomic E-state index is 12.6. The highest BCUT2D eigenvalue weighted by Gasteiger charge is 2.52. The highest BCUT2D eigenvalue weighted by atomic mass is 16.2. The lowest BCUT2D eigenvalue weighted by molar-refractivity contribution is -0.133. The van der Waals surface area contributed by atoms with Gasteiger partial charge in [-0.05, 0) is 25.7 Å². The number of carbonyl (C=O) groups excluding carboxylic acids is 2. The third kappa shape index (κ3) is 2.48. The summed E-state index contributed by atoms with van der Waals surface area (Å²) in [5.74, 6) is -0.0612. The second-order valence-corrected chi connectivity index (χ2v) is 6.03. The van der Waals surface area contributed by atoms with Gasteiger partial charge in [0.25, 0.3) is 5.91 Å². The smallest absolute Gasteiger partial charge is 0.324 e. The highest BCUT2D eigenvalue weighted by molar-refractivity contribution is 6.07. The Morgan fingerprint density at radius 1 is 1.21 bits per heavy atom. The minimum Gasteiger partial charge on any atom is -0.324 e. The fourth-order valence-corrected chi connectivity index (χ4v) is 3.10. The van der Waals surface area contributed by atoms with Crippen LogP contribution in [0.4, 0.5) is 4.79 Å². The van der Waals surface area contributed by atoms with Crippen LogP contribution in [0.2, 0.25) is 0 Å². The molecule has 1 aliphatic carbocycles. The molecule has 0 aromatic carbocycles. The van der Waals surface area contributed by atoms with E-state index in [1.807, 2.05) is 13.8 Å². The summed E-state index contributed by atoms with van der Waals surface area (Å²) in [7, 11) is 0. The number of hydrogen-bond donors (Lipinski definition) is 2. The van der Waals surface area contributed by atoms with Gasteiger partial charge in [0.1, 0.15) is 5.54 Å². The van der Waals surface area contributed by atoms with E-state index in [1.165, 1.54) is 4.90 Å². The Bertz CT molecular complexity index is 371. The molecular weight excluding hydrogens is 242 g/mol. The molecule has 19 heavy (non-hydrogen) atoms. The fourth-order valence-electron chi connectivity index (χ4n) is 3.10. The lowest BCUT2D eigenvalue weighted by Crippen LogP contribution is -2.52. The van der Waals surface area contributed by atoms with Crippen LogP contribution in [0, 0.1) is 0 Å². The molecule has 3 N–H and O–H groups in total. The van der Waals surface area contributed by atoms with Crippen LogP contribution in [0.1, 0.15) is 58.8 Å². The molecule has 1 saturated heterocycles. The van der Waals surface area contributed by atoms with E-state index in [2.05, 4.69) is 5.32 Å². The third-order valence-corrected chi connectivity index (χ3v) is 4.83. The second kappa shape index (κ2) is 5.12. The number of imide groups is 1.